The van der Waals surface area contributed by atoms with Crippen LogP contribution in [0.3, 0.4) is 0 Å². The van der Waals surface area contributed by atoms with Crippen LogP contribution in [-0.4, -0.2) is 26.8 Å². The Morgan fingerprint density at radius 2 is 1.69 bits per heavy atom. The van der Waals surface area contributed by atoms with Crippen molar-refractivity contribution in [2.24, 2.45) is 0 Å². The lowest BCUT2D eigenvalue weighted by atomic mass is 9.81. The van der Waals surface area contributed by atoms with Crippen molar-refractivity contribution in [3.05, 3.63) is 82.4 Å². The molecule has 3 aromatic carbocycles. The van der Waals surface area contributed by atoms with Crippen molar-refractivity contribution in [1.29, 1.82) is 0 Å². The first-order chi connectivity index (χ1) is 15.6. The van der Waals surface area contributed by atoms with Crippen molar-refractivity contribution in [2.45, 2.75) is 31.6 Å². The first-order valence-corrected chi connectivity index (χ1v) is 11.2. The Labute approximate surface area is 194 Å². The van der Waals surface area contributed by atoms with E-state index in [0.29, 0.717) is 36.0 Å². The van der Waals surface area contributed by atoms with Crippen LogP contribution in [0.2, 0.25) is 5.02 Å². The molecule has 2 unspecified atom stereocenters. The standard InChI is InChI=1S/C27H27ClO4/c1-4-32-26(29)15-17-14-23(22-10-7-11-25(30-2)27(22)31-3)24-16-18(28)12-13-21(24)20-9-6-5-8-19(17)20/h5-13,16-17,23H,4,14-15H2,1-3H3. The Morgan fingerprint density at radius 1 is 0.938 bits per heavy atom. The Balaban J connectivity index is 1.93. The maximum atomic E-state index is 12.5. The molecule has 0 fully saturated rings. The van der Waals surface area contributed by atoms with Gasteiger partial charge in [-0.1, -0.05) is 54.1 Å². The zero-order chi connectivity index (χ0) is 22.7. The molecule has 0 saturated heterocycles. The monoisotopic (exact) mass is 450 g/mol. The summed E-state index contributed by atoms with van der Waals surface area (Å²) in [6, 6.07) is 20.2. The van der Waals surface area contributed by atoms with E-state index >= 15 is 0 Å². The number of hydrogen-bond donors (Lipinski definition) is 0. The molecule has 32 heavy (non-hydrogen) atoms. The van der Waals surface area contributed by atoms with E-state index in [1.807, 2.05) is 43.3 Å². The number of methoxy groups -OCH3 is 2. The van der Waals surface area contributed by atoms with Gasteiger partial charge in [-0.05, 0) is 59.7 Å². The largest absolute Gasteiger partial charge is 0.493 e. The Bertz CT molecular complexity index is 1120. The summed E-state index contributed by atoms with van der Waals surface area (Å²) < 4.78 is 16.7. The van der Waals surface area contributed by atoms with Crippen LogP contribution in [0.1, 0.15) is 48.3 Å². The van der Waals surface area contributed by atoms with Crippen molar-refractivity contribution >= 4 is 17.6 Å². The smallest absolute Gasteiger partial charge is 0.306 e. The predicted octanol–water partition coefficient (Wildman–Crippen LogP) is 6.60. The lowest BCUT2D eigenvalue weighted by Crippen LogP contribution is -2.14. The summed E-state index contributed by atoms with van der Waals surface area (Å²) in [5.74, 6) is 1.13. The molecule has 0 radical (unpaired) electrons. The molecule has 0 aliphatic heterocycles. The van der Waals surface area contributed by atoms with E-state index in [-0.39, 0.29) is 17.8 Å². The quantitative estimate of drug-likeness (QED) is 0.397. The number of rotatable bonds is 6. The zero-order valence-corrected chi connectivity index (χ0v) is 19.3. The summed E-state index contributed by atoms with van der Waals surface area (Å²) in [4.78, 5) is 12.5. The van der Waals surface area contributed by atoms with E-state index in [4.69, 9.17) is 25.8 Å². The Morgan fingerprint density at radius 3 is 2.44 bits per heavy atom. The molecule has 0 heterocycles. The lowest BCUT2D eigenvalue weighted by Gasteiger charge is -2.25. The van der Waals surface area contributed by atoms with E-state index in [1.165, 1.54) is 0 Å². The van der Waals surface area contributed by atoms with Crippen molar-refractivity contribution in [3.63, 3.8) is 0 Å². The van der Waals surface area contributed by atoms with Crippen molar-refractivity contribution in [3.8, 4) is 22.6 Å². The molecule has 5 heteroatoms. The van der Waals surface area contributed by atoms with Gasteiger partial charge in [0, 0.05) is 16.5 Å². The third-order valence-electron chi connectivity index (χ3n) is 6.13. The molecule has 4 nitrogen and oxygen atoms in total. The minimum absolute atomic E-state index is 0.0164. The number of esters is 1. The number of fused-ring (bicyclic) bond motifs is 3. The molecule has 0 bridgehead atoms. The fourth-order valence-corrected chi connectivity index (χ4v) is 4.98. The van der Waals surface area contributed by atoms with Crippen LogP contribution < -0.4 is 9.47 Å². The number of carbonyl (C=O) groups is 1. The number of carbonyl (C=O) groups excluding carboxylic acids is 1. The number of benzene rings is 3. The maximum Gasteiger partial charge on any atom is 0.306 e. The van der Waals surface area contributed by atoms with E-state index in [1.54, 1.807) is 14.2 Å². The van der Waals surface area contributed by atoms with E-state index in [2.05, 4.69) is 24.3 Å². The van der Waals surface area contributed by atoms with Gasteiger partial charge in [0.25, 0.3) is 0 Å². The highest BCUT2D eigenvalue weighted by Gasteiger charge is 2.33. The molecule has 1 aliphatic rings. The van der Waals surface area contributed by atoms with Gasteiger partial charge in [-0.15, -0.1) is 0 Å². The number of halogens is 1. The van der Waals surface area contributed by atoms with Gasteiger partial charge in [0.05, 0.1) is 27.2 Å². The number of hydrogen-bond acceptors (Lipinski definition) is 4. The number of ether oxygens (including phenoxy) is 3. The van der Waals surface area contributed by atoms with Gasteiger partial charge < -0.3 is 14.2 Å². The fourth-order valence-electron chi connectivity index (χ4n) is 4.80. The van der Waals surface area contributed by atoms with Gasteiger partial charge in [0.2, 0.25) is 0 Å². The molecule has 0 N–H and O–H groups in total. The summed E-state index contributed by atoms with van der Waals surface area (Å²) in [5.41, 5.74) is 5.51. The Hall–Kier alpha value is -2.98. The van der Waals surface area contributed by atoms with Crippen LogP contribution >= 0.6 is 11.6 Å². The van der Waals surface area contributed by atoms with Crippen molar-refractivity contribution < 1.29 is 19.0 Å². The summed E-state index contributed by atoms with van der Waals surface area (Å²) in [5, 5.41) is 0.678. The van der Waals surface area contributed by atoms with Gasteiger partial charge in [-0.25, -0.2) is 0 Å². The topological polar surface area (TPSA) is 44.8 Å². The van der Waals surface area contributed by atoms with Gasteiger partial charge in [0.1, 0.15) is 0 Å². The highest BCUT2D eigenvalue weighted by atomic mass is 35.5. The minimum Gasteiger partial charge on any atom is -0.493 e. The molecule has 166 valence electrons. The van der Waals surface area contributed by atoms with Crippen LogP contribution in [-0.2, 0) is 9.53 Å². The molecule has 3 aromatic rings. The van der Waals surface area contributed by atoms with Crippen LogP contribution in [0.4, 0.5) is 0 Å². The SMILES string of the molecule is CCOC(=O)CC1CC(c2cccc(OC)c2OC)c2cc(Cl)ccc2-c2ccccc21. The molecule has 1 aliphatic carbocycles. The van der Waals surface area contributed by atoms with Crippen LogP contribution in [0.15, 0.2) is 60.7 Å². The number of para-hydroxylation sites is 1. The minimum atomic E-state index is -0.187. The zero-order valence-electron chi connectivity index (χ0n) is 18.6. The molecule has 0 saturated carbocycles. The van der Waals surface area contributed by atoms with E-state index in [9.17, 15) is 4.79 Å². The second-order valence-electron chi connectivity index (χ2n) is 7.90. The average molecular weight is 451 g/mol. The van der Waals surface area contributed by atoms with Crippen LogP contribution in [0.5, 0.6) is 11.5 Å². The van der Waals surface area contributed by atoms with Gasteiger partial charge in [-0.2, -0.15) is 0 Å². The molecular formula is C27H27ClO4. The van der Waals surface area contributed by atoms with Gasteiger partial charge >= 0.3 is 5.97 Å². The Kier molecular flexibility index (Phi) is 6.71. The lowest BCUT2D eigenvalue weighted by molar-refractivity contribution is -0.143. The second kappa shape index (κ2) is 9.66. The van der Waals surface area contributed by atoms with Gasteiger partial charge in [0.15, 0.2) is 11.5 Å². The molecule has 2 atom stereocenters. The van der Waals surface area contributed by atoms with Crippen molar-refractivity contribution in [1.82, 2.24) is 0 Å². The second-order valence-corrected chi connectivity index (χ2v) is 8.33. The molecule has 0 aromatic heterocycles. The van der Waals surface area contributed by atoms with Gasteiger partial charge in [-0.3, -0.25) is 4.79 Å². The van der Waals surface area contributed by atoms with Crippen LogP contribution in [0, 0.1) is 0 Å². The normalized spacial score (nSPS) is 17.0. The van der Waals surface area contributed by atoms with Crippen molar-refractivity contribution in [2.75, 3.05) is 20.8 Å². The molecule has 0 amide bonds. The predicted molar refractivity (Wildman–Crippen MR) is 127 cm³/mol. The van der Waals surface area contributed by atoms with E-state index < -0.39 is 0 Å². The van der Waals surface area contributed by atoms with Crippen LogP contribution in [0.25, 0.3) is 11.1 Å². The third kappa shape index (κ3) is 4.20. The van der Waals surface area contributed by atoms with E-state index in [0.717, 1.165) is 27.8 Å². The molecular weight excluding hydrogens is 424 g/mol. The summed E-state index contributed by atoms with van der Waals surface area (Å²) in [6.45, 7) is 2.21. The highest BCUT2D eigenvalue weighted by Crippen LogP contribution is 2.50. The summed E-state index contributed by atoms with van der Waals surface area (Å²) >= 11 is 6.47. The average Bonchev–Trinajstić information content (AvgIpc) is 2.93. The molecule has 0 spiro atoms. The summed E-state index contributed by atoms with van der Waals surface area (Å²) in [7, 11) is 3.29. The fraction of sp³-hybridized carbons (Fsp3) is 0.296. The third-order valence-corrected chi connectivity index (χ3v) is 6.36. The molecule has 4 rings (SSSR count). The first-order valence-electron chi connectivity index (χ1n) is 10.8. The first kappa shape index (κ1) is 22.2. The highest BCUT2D eigenvalue weighted by molar-refractivity contribution is 6.30. The maximum absolute atomic E-state index is 12.5. The summed E-state index contributed by atoms with van der Waals surface area (Å²) in [6.07, 6.45) is 1.03.